The Morgan fingerprint density at radius 3 is 1.85 bits per heavy atom. The normalized spacial score (nSPS) is 34.9. The summed E-state index contributed by atoms with van der Waals surface area (Å²) < 4.78 is 29.0. The fourth-order valence-electron chi connectivity index (χ4n) is 10.4. The van der Waals surface area contributed by atoms with Gasteiger partial charge in [0, 0.05) is 43.9 Å². The van der Waals surface area contributed by atoms with E-state index in [0.717, 1.165) is 22.3 Å². The zero-order chi connectivity index (χ0) is 57.9. The van der Waals surface area contributed by atoms with Crippen LogP contribution in [0.2, 0.25) is 0 Å². The molecule has 80 heavy (non-hydrogen) atoms. The number of amides is 1. The minimum absolute atomic E-state index is 0.0514. The van der Waals surface area contributed by atoms with Gasteiger partial charge >= 0.3 is 18.0 Å². The van der Waals surface area contributed by atoms with E-state index in [0.29, 0.717) is 0 Å². The predicted molar refractivity (Wildman–Crippen MR) is 292 cm³/mol. The molecule has 438 valence electrons. The van der Waals surface area contributed by atoms with Crippen LogP contribution in [0.3, 0.4) is 0 Å². The molecule has 2 aromatic carbocycles. The van der Waals surface area contributed by atoms with Crippen molar-refractivity contribution < 1.29 is 94.2 Å². The lowest BCUT2D eigenvalue weighted by molar-refractivity contribution is -0.305. The molecule has 20 heteroatoms. The van der Waals surface area contributed by atoms with Gasteiger partial charge in [-0.25, -0.2) is 4.79 Å². The number of aliphatic hydroxyl groups excluding tert-OH is 9. The molecule has 2 aromatic rings. The maximum atomic E-state index is 13.4. The summed E-state index contributed by atoms with van der Waals surface area (Å²) >= 11 is 0. The predicted octanol–water partition coefficient (Wildman–Crippen LogP) is 3.66. The third-order valence-electron chi connectivity index (χ3n) is 14.6. The highest BCUT2D eigenvalue weighted by atomic mass is 16.7. The van der Waals surface area contributed by atoms with E-state index < -0.39 is 154 Å². The summed E-state index contributed by atoms with van der Waals surface area (Å²) in [5.41, 5.74) is 3.99. The minimum atomic E-state index is -2.39. The third-order valence-corrected chi connectivity index (χ3v) is 14.6. The van der Waals surface area contributed by atoms with Gasteiger partial charge in [0.05, 0.1) is 74.0 Å². The summed E-state index contributed by atoms with van der Waals surface area (Å²) in [5.74, 6) is -6.83. The molecule has 0 spiro atoms. The molecule has 2 fully saturated rings. The van der Waals surface area contributed by atoms with E-state index in [1.165, 1.54) is 6.08 Å². The first-order valence-electron chi connectivity index (χ1n) is 27.2. The van der Waals surface area contributed by atoms with Crippen LogP contribution in [0.4, 0.5) is 4.79 Å². The maximum absolute atomic E-state index is 13.4. The van der Waals surface area contributed by atoms with Crippen molar-refractivity contribution in [1.82, 2.24) is 5.32 Å². The number of carbonyl (C=O) groups is 3. The lowest BCUT2D eigenvalue weighted by Crippen LogP contribution is -2.61. The number of benzene rings is 2. The molecule has 20 nitrogen and oxygen atoms in total. The summed E-state index contributed by atoms with van der Waals surface area (Å²) in [6, 6.07) is 14.2. The van der Waals surface area contributed by atoms with Gasteiger partial charge in [-0.15, -0.1) is 0 Å². The molecular weight excluding hydrogens is 1040 g/mol. The molecule has 3 aliphatic heterocycles. The number of hydrogen-bond acceptors (Lipinski definition) is 18. The number of aliphatic hydroxyl groups is 10. The van der Waals surface area contributed by atoms with Crippen LogP contribution in [0.25, 0.3) is 11.1 Å². The number of cyclic esters (lactones) is 1. The molecule has 2 saturated heterocycles. The number of fused-ring (bicyclic) bond motifs is 5. The van der Waals surface area contributed by atoms with Crippen molar-refractivity contribution >= 4 is 18.0 Å². The summed E-state index contributed by atoms with van der Waals surface area (Å²) in [7, 11) is 0. The number of hydrogen-bond donors (Lipinski definition) is 12. The van der Waals surface area contributed by atoms with E-state index in [-0.39, 0.29) is 44.1 Å². The van der Waals surface area contributed by atoms with Gasteiger partial charge in [0.2, 0.25) is 0 Å². The summed E-state index contributed by atoms with van der Waals surface area (Å²) in [5, 5.41) is 123. The zero-order valence-corrected chi connectivity index (χ0v) is 45.0. The Morgan fingerprint density at radius 1 is 0.650 bits per heavy atom. The van der Waals surface area contributed by atoms with Crippen LogP contribution < -0.4 is 5.32 Å². The Bertz CT molecular complexity index is 2480. The summed E-state index contributed by atoms with van der Waals surface area (Å²) in [4.78, 5) is 38.7. The summed E-state index contributed by atoms with van der Waals surface area (Å²) in [6.45, 7) is 2.96. The van der Waals surface area contributed by atoms with Gasteiger partial charge in [-0.1, -0.05) is 141 Å². The third kappa shape index (κ3) is 18.9. The highest BCUT2D eigenvalue weighted by molar-refractivity contribution is 5.79. The van der Waals surface area contributed by atoms with Gasteiger partial charge in [-0.2, -0.15) is 0 Å². The minimum Gasteiger partial charge on any atom is -0.481 e. The van der Waals surface area contributed by atoms with Crippen LogP contribution in [-0.4, -0.2) is 179 Å². The molecular formula is C60H79NO19. The summed E-state index contributed by atoms with van der Waals surface area (Å²) in [6.07, 6.45) is 2.02. The van der Waals surface area contributed by atoms with Gasteiger partial charge in [0.1, 0.15) is 30.8 Å². The zero-order valence-electron chi connectivity index (χ0n) is 45.0. The van der Waals surface area contributed by atoms with Gasteiger partial charge in [-0.05, 0) is 48.4 Å². The van der Waals surface area contributed by atoms with Crippen molar-refractivity contribution in [2.24, 2.45) is 11.8 Å². The van der Waals surface area contributed by atoms with Crippen molar-refractivity contribution in [1.29, 1.82) is 0 Å². The average Bonchev–Trinajstić information content (AvgIpc) is 3.79. The van der Waals surface area contributed by atoms with E-state index in [1.807, 2.05) is 55.5 Å². The number of nitrogens with one attached hydrogen (secondary N) is 1. The molecule has 17 atom stereocenters. The number of aliphatic carboxylic acids is 1. The van der Waals surface area contributed by atoms with Crippen LogP contribution in [0, 0.1) is 11.8 Å². The van der Waals surface area contributed by atoms with Crippen LogP contribution >= 0.6 is 0 Å². The van der Waals surface area contributed by atoms with Gasteiger partial charge in [0.15, 0.2) is 12.1 Å². The lowest BCUT2D eigenvalue weighted by atomic mass is 9.82. The Balaban J connectivity index is 1.17. The highest BCUT2D eigenvalue weighted by Crippen LogP contribution is 2.45. The quantitative estimate of drug-likeness (QED) is 0.184. The van der Waals surface area contributed by atoms with Crippen LogP contribution in [0.15, 0.2) is 134 Å². The highest BCUT2D eigenvalue weighted by Gasteiger charge is 2.51. The standard InChI is InChI=1S/C60H79NO19/c1-36-19-13-11-9-7-5-3-4-6-8-10-12-14-20-41(79-58-56(71)55(51(69)35-76-58)61-59(74)77-34-46-44-23-17-15-21-42(44)43-22-16-18-24-45(43)46)31-52-54(57(72)73)50(68)33-60(75,80-52)32-40(64)29-49(67)47(65)26-25-38(62)28-39(63)30-53(70)78-37(2)27-48(36)66/h3-24,36-41,46-52,54-56,58,62-69,71,75H,25-35H2,1-2H3,(H,61,74)(H,72,73). The number of alkyl carbamates (subject to hydrolysis) is 1. The Morgan fingerprint density at radius 2 is 1.24 bits per heavy atom. The number of carbonyl (C=O) groups excluding carboxylic acids is 2. The van der Waals surface area contributed by atoms with E-state index in [9.17, 15) is 70.6 Å². The largest absolute Gasteiger partial charge is 0.481 e. The van der Waals surface area contributed by atoms with E-state index in [4.69, 9.17) is 23.7 Å². The molecule has 12 N–H and O–H groups in total. The second kappa shape index (κ2) is 30.9. The van der Waals surface area contributed by atoms with Crippen molar-refractivity contribution in [2.45, 2.75) is 169 Å². The molecule has 1 amide bonds. The smallest absolute Gasteiger partial charge is 0.407 e. The second-order valence-corrected chi connectivity index (χ2v) is 21.1. The van der Waals surface area contributed by atoms with Gasteiger partial charge in [-0.3, -0.25) is 9.59 Å². The van der Waals surface area contributed by atoms with Crippen molar-refractivity contribution in [3.63, 3.8) is 0 Å². The van der Waals surface area contributed by atoms with Crippen molar-refractivity contribution in [2.75, 3.05) is 13.2 Å². The fourth-order valence-corrected chi connectivity index (χ4v) is 10.4. The van der Waals surface area contributed by atoms with Crippen molar-refractivity contribution in [3.8, 4) is 11.1 Å². The van der Waals surface area contributed by atoms with E-state index in [2.05, 4.69) is 5.32 Å². The monoisotopic (exact) mass is 1120 g/mol. The molecule has 2 bridgehead atoms. The maximum Gasteiger partial charge on any atom is 0.407 e. The topological polar surface area (TPSA) is 332 Å². The van der Waals surface area contributed by atoms with E-state index in [1.54, 1.807) is 85.9 Å². The first-order valence-corrected chi connectivity index (χ1v) is 27.2. The lowest BCUT2D eigenvalue weighted by Gasteiger charge is -2.45. The fraction of sp³-hybridized carbons (Fsp3) is 0.517. The van der Waals surface area contributed by atoms with Crippen LogP contribution in [-0.2, 0) is 33.3 Å². The number of rotatable bonds is 6. The Hall–Kier alpha value is -5.69. The molecule has 4 aliphatic rings. The van der Waals surface area contributed by atoms with Crippen LogP contribution in [0.1, 0.15) is 88.7 Å². The first-order chi connectivity index (χ1) is 38.2. The molecule has 0 saturated carbocycles. The molecule has 0 radical (unpaired) electrons. The van der Waals surface area contributed by atoms with Gasteiger partial charge in [0.25, 0.3) is 0 Å². The molecule has 3 heterocycles. The van der Waals surface area contributed by atoms with Crippen LogP contribution in [0.5, 0.6) is 0 Å². The molecule has 6 rings (SSSR count). The molecule has 1 aliphatic carbocycles. The number of ether oxygens (including phenoxy) is 5. The second-order valence-electron chi connectivity index (χ2n) is 21.1. The van der Waals surface area contributed by atoms with Gasteiger partial charge < -0.3 is 85.2 Å². The van der Waals surface area contributed by atoms with E-state index >= 15 is 0 Å². The van der Waals surface area contributed by atoms with Crippen molar-refractivity contribution in [3.05, 3.63) is 145 Å². The Labute approximate surface area is 465 Å². The SMILES string of the molecule is CC1CC(O)C(C)C=CC=CC=CC=CC=CC=CC=CC(OC2OCC(O)C(NC(=O)OCC3c4ccccc4-c4ccccc43)C2O)CC2OC(O)(CC(O)CC(O)C(O)CCC(O)CC(O)CC(=O)O1)CC(O)C2C(=O)O. The number of carboxylic acid groups (broad SMARTS) is 1. The molecule has 17 unspecified atom stereocenters. The Kier molecular flexibility index (Phi) is 24.6. The number of carboxylic acids is 1. The number of allylic oxidation sites excluding steroid dienone is 12. The first kappa shape index (κ1) is 63.5. The average molecular weight is 1120 g/mol. The molecule has 0 aromatic heterocycles. The number of esters is 1.